The topological polar surface area (TPSA) is 52.7 Å². The normalized spacial score (nSPS) is 14.3. The van der Waals surface area contributed by atoms with Crippen molar-refractivity contribution in [2.45, 2.75) is 38.6 Å². The Morgan fingerprint density at radius 3 is 2.54 bits per heavy atom. The lowest BCUT2D eigenvalue weighted by molar-refractivity contribution is 0.0827. The molecule has 1 fully saturated rings. The molecule has 130 valence electrons. The van der Waals surface area contributed by atoms with Crippen molar-refractivity contribution in [3.63, 3.8) is 0 Å². The van der Waals surface area contributed by atoms with E-state index in [1.807, 2.05) is 17.9 Å². The average Bonchev–Trinajstić information content (AvgIpc) is 3.07. The number of amides is 3. The molecule has 1 aliphatic rings. The lowest BCUT2D eigenvalue weighted by atomic mass is 10.1. The number of hydrogen-bond donors (Lipinski definition) is 1. The van der Waals surface area contributed by atoms with Crippen LogP contribution in [0.1, 0.15) is 41.6 Å². The molecule has 0 saturated heterocycles. The van der Waals surface area contributed by atoms with Crippen LogP contribution in [0.3, 0.4) is 0 Å². The molecule has 1 aromatic rings. The van der Waals surface area contributed by atoms with Gasteiger partial charge in [-0.2, -0.15) is 0 Å². The molecule has 0 heterocycles. The minimum Gasteiger partial charge on any atom is -0.345 e. The second-order valence-corrected chi connectivity index (χ2v) is 6.54. The number of nitrogens with one attached hydrogen (secondary N) is 1. The van der Waals surface area contributed by atoms with E-state index in [1.165, 1.54) is 4.90 Å². The minimum absolute atomic E-state index is 0.0794. The summed E-state index contributed by atoms with van der Waals surface area (Å²) in [5.41, 5.74) is 2.18. The van der Waals surface area contributed by atoms with Crippen molar-refractivity contribution in [3.8, 4) is 0 Å². The van der Waals surface area contributed by atoms with Crippen LogP contribution < -0.4 is 5.32 Å². The summed E-state index contributed by atoms with van der Waals surface area (Å²) in [6.07, 6.45) is 6.17. The fourth-order valence-electron chi connectivity index (χ4n) is 3.09. The summed E-state index contributed by atoms with van der Waals surface area (Å²) in [5.74, 6) is -0.0794. The first-order valence-corrected chi connectivity index (χ1v) is 8.45. The van der Waals surface area contributed by atoms with Crippen molar-refractivity contribution >= 4 is 17.6 Å². The summed E-state index contributed by atoms with van der Waals surface area (Å²) >= 11 is 0. The smallest absolute Gasteiger partial charge is 0.322 e. The van der Waals surface area contributed by atoms with Crippen LogP contribution in [0.15, 0.2) is 30.9 Å². The summed E-state index contributed by atoms with van der Waals surface area (Å²) < 4.78 is 0. The molecule has 1 saturated carbocycles. The third-order valence-corrected chi connectivity index (χ3v) is 4.48. The van der Waals surface area contributed by atoms with E-state index in [-0.39, 0.29) is 18.0 Å². The number of aryl methyl sites for hydroxylation is 1. The highest BCUT2D eigenvalue weighted by molar-refractivity contribution is 5.97. The third kappa shape index (κ3) is 4.16. The molecule has 0 aliphatic heterocycles. The van der Waals surface area contributed by atoms with Crippen molar-refractivity contribution in [2.75, 3.05) is 26.0 Å². The first kappa shape index (κ1) is 18.0. The highest BCUT2D eigenvalue weighted by Crippen LogP contribution is 2.25. The Morgan fingerprint density at radius 2 is 1.96 bits per heavy atom. The predicted octanol–water partition coefficient (Wildman–Crippen LogP) is 3.66. The lowest BCUT2D eigenvalue weighted by Gasteiger charge is -2.28. The molecule has 24 heavy (non-hydrogen) atoms. The highest BCUT2D eigenvalue weighted by atomic mass is 16.2. The Morgan fingerprint density at radius 1 is 1.29 bits per heavy atom. The van der Waals surface area contributed by atoms with Gasteiger partial charge in [0.2, 0.25) is 0 Å². The van der Waals surface area contributed by atoms with E-state index < -0.39 is 0 Å². The summed E-state index contributed by atoms with van der Waals surface area (Å²) in [7, 11) is 3.43. The second-order valence-electron chi connectivity index (χ2n) is 6.54. The number of carbonyl (C=O) groups excluding carboxylic acids is 2. The predicted molar refractivity (Wildman–Crippen MR) is 97.4 cm³/mol. The van der Waals surface area contributed by atoms with Crippen LogP contribution in [-0.2, 0) is 0 Å². The van der Waals surface area contributed by atoms with E-state index in [2.05, 4.69) is 11.9 Å². The molecular formula is C19H27N3O2. The Labute approximate surface area is 144 Å². The van der Waals surface area contributed by atoms with Crippen LogP contribution >= 0.6 is 0 Å². The molecule has 0 radical (unpaired) electrons. The first-order chi connectivity index (χ1) is 11.4. The zero-order valence-electron chi connectivity index (χ0n) is 14.8. The van der Waals surface area contributed by atoms with Crippen LogP contribution in [0.4, 0.5) is 10.5 Å². The van der Waals surface area contributed by atoms with E-state index in [0.29, 0.717) is 17.8 Å². The van der Waals surface area contributed by atoms with Crippen LogP contribution in [0, 0.1) is 6.92 Å². The van der Waals surface area contributed by atoms with Gasteiger partial charge in [0.25, 0.3) is 5.91 Å². The van der Waals surface area contributed by atoms with Crippen LogP contribution in [0.2, 0.25) is 0 Å². The molecule has 0 atom stereocenters. The molecule has 0 spiro atoms. The quantitative estimate of drug-likeness (QED) is 0.838. The van der Waals surface area contributed by atoms with Gasteiger partial charge in [0.05, 0.1) is 0 Å². The maximum absolute atomic E-state index is 12.7. The summed E-state index contributed by atoms with van der Waals surface area (Å²) in [4.78, 5) is 28.2. The van der Waals surface area contributed by atoms with Crippen LogP contribution in [-0.4, -0.2) is 48.4 Å². The molecule has 0 unspecified atom stereocenters. The summed E-state index contributed by atoms with van der Waals surface area (Å²) in [6, 6.07) is 5.54. The van der Waals surface area contributed by atoms with Crippen molar-refractivity contribution in [3.05, 3.63) is 42.0 Å². The number of rotatable bonds is 5. The number of anilines is 1. The summed E-state index contributed by atoms with van der Waals surface area (Å²) in [6.45, 7) is 6.22. The van der Waals surface area contributed by atoms with Crippen LogP contribution in [0.5, 0.6) is 0 Å². The molecule has 0 bridgehead atoms. The SMILES string of the molecule is C=CCN(C(=O)Nc1cc(C(=O)N(C)C)ccc1C)C1CCCC1. The molecule has 3 amide bonds. The zero-order chi connectivity index (χ0) is 17.7. The molecule has 5 nitrogen and oxygen atoms in total. The Kier molecular flexibility index (Phi) is 6.01. The number of hydrogen-bond acceptors (Lipinski definition) is 2. The first-order valence-electron chi connectivity index (χ1n) is 8.45. The van der Waals surface area contributed by atoms with Crippen molar-refractivity contribution in [2.24, 2.45) is 0 Å². The highest BCUT2D eigenvalue weighted by Gasteiger charge is 2.26. The van der Waals surface area contributed by atoms with Gasteiger partial charge in [-0.15, -0.1) is 6.58 Å². The largest absolute Gasteiger partial charge is 0.345 e. The third-order valence-electron chi connectivity index (χ3n) is 4.48. The van der Waals surface area contributed by atoms with Gasteiger partial charge < -0.3 is 15.1 Å². The average molecular weight is 329 g/mol. The van der Waals surface area contributed by atoms with E-state index in [1.54, 1.807) is 32.3 Å². The van der Waals surface area contributed by atoms with Crippen molar-refractivity contribution in [1.29, 1.82) is 0 Å². The van der Waals surface area contributed by atoms with Gasteiger partial charge in [0.1, 0.15) is 0 Å². The maximum atomic E-state index is 12.7. The summed E-state index contributed by atoms with van der Waals surface area (Å²) in [5, 5.41) is 2.97. The van der Waals surface area contributed by atoms with Gasteiger partial charge >= 0.3 is 6.03 Å². The van der Waals surface area contributed by atoms with Crippen LogP contribution in [0.25, 0.3) is 0 Å². The van der Waals surface area contributed by atoms with Gasteiger partial charge in [-0.05, 0) is 37.5 Å². The molecule has 0 aromatic heterocycles. The monoisotopic (exact) mass is 329 g/mol. The number of nitrogens with zero attached hydrogens (tertiary/aromatic N) is 2. The van der Waals surface area contributed by atoms with Gasteiger partial charge in [-0.3, -0.25) is 4.79 Å². The lowest BCUT2D eigenvalue weighted by Crippen LogP contribution is -2.41. The fraction of sp³-hybridized carbons (Fsp3) is 0.474. The van der Waals surface area contributed by atoms with E-state index >= 15 is 0 Å². The Hall–Kier alpha value is -2.30. The van der Waals surface area contributed by atoms with Gasteiger partial charge in [0, 0.05) is 37.9 Å². The molecule has 5 heteroatoms. The van der Waals surface area contributed by atoms with Gasteiger partial charge in [-0.25, -0.2) is 4.79 Å². The second kappa shape index (κ2) is 7.99. The number of urea groups is 1. The minimum atomic E-state index is -0.126. The number of carbonyl (C=O) groups is 2. The molecule has 1 aromatic carbocycles. The molecule has 2 rings (SSSR count). The molecule has 1 N–H and O–H groups in total. The van der Waals surface area contributed by atoms with Gasteiger partial charge in [-0.1, -0.05) is 25.0 Å². The fourth-order valence-corrected chi connectivity index (χ4v) is 3.09. The van der Waals surface area contributed by atoms with Gasteiger partial charge in [0.15, 0.2) is 0 Å². The van der Waals surface area contributed by atoms with Crippen molar-refractivity contribution < 1.29 is 9.59 Å². The maximum Gasteiger partial charge on any atom is 0.322 e. The Bertz CT molecular complexity index is 619. The molecular weight excluding hydrogens is 302 g/mol. The van der Waals surface area contributed by atoms with Crippen molar-refractivity contribution in [1.82, 2.24) is 9.80 Å². The van der Waals surface area contributed by atoms with E-state index in [9.17, 15) is 9.59 Å². The standard InChI is InChI=1S/C19H27N3O2/c1-5-12-22(16-8-6-7-9-16)19(24)20-17-13-15(11-10-14(17)2)18(23)21(3)4/h5,10-11,13,16H,1,6-9,12H2,2-4H3,(H,20,24). The van der Waals surface area contributed by atoms with E-state index in [0.717, 1.165) is 31.2 Å². The number of benzene rings is 1. The Balaban J connectivity index is 2.18. The zero-order valence-corrected chi connectivity index (χ0v) is 14.8. The van der Waals surface area contributed by atoms with E-state index in [4.69, 9.17) is 0 Å². The molecule has 1 aliphatic carbocycles.